The number of ether oxygens (including phenoxy) is 1. The third kappa shape index (κ3) is 4.43. The van der Waals surface area contributed by atoms with Gasteiger partial charge in [0.25, 0.3) is 0 Å². The van der Waals surface area contributed by atoms with Gasteiger partial charge in [-0.3, -0.25) is 5.10 Å². The Balaban J connectivity index is 1.50. The summed E-state index contributed by atoms with van der Waals surface area (Å²) < 4.78 is 5.53. The lowest BCUT2D eigenvalue weighted by atomic mass is 10.1. The van der Waals surface area contributed by atoms with E-state index in [2.05, 4.69) is 25.7 Å². The molecule has 3 rings (SSSR count). The van der Waals surface area contributed by atoms with E-state index >= 15 is 0 Å². The van der Waals surface area contributed by atoms with E-state index in [1.54, 1.807) is 0 Å². The molecule has 134 valence electrons. The average Bonchev–Trinajstić information content (AvgIpc) is 3.04. The zero-order chi connectivity index (χ0) is 17.6. The molecule has 7 nitrogen and oxygen atoms in total. The third-order valence-electron chi connectivity index (χ3n) is 4.28. The van der Waals surface area contributed by atoms with E-state index in [0.29, 0.717) is 18.0 Å². The molecular formula is C18H25N5O2. The van der Waals surface area contributed by atoms with Crippen molar-refractivity contribution in [1.29, 1.82) is 0 Å². The van der Waals surface area contributed by atoms with Gasteiger partial charge < -0.3 is 20.3 Å². The molecule has 2 heterocycles. The smallest absolute Gasteiger partial charge is 0.319 e. The molecule has 1 aromatic carbocycles. The van der Waals surface area contributed by atoms with Crippen molar-refractivity contribution >= 4 is 17.5 Å². The minimum atomic E-state index is -0.193. The van der Waals surface area contributed by atoms with Crippen molar-refractivity contribution in [3.8, 4) is 5.75 Å². The second-order valence-electron chi connectivity index (χ2n) is 6.20. The van der Waals surface area contributed by atoms with E-state index in [0.717, 1.165) is 37.4 Å². The lowest BCUT2D eigenvalue weighted by Crippen LogP contribution is -2.46. The molecule has 1 aliphatic rings. The standard InChI is InChI=1S/C18H25N5O2/c1-3-25-16-7-5-4-6-15(16)20-18(24)19-14-8-10-23(11-9-14)17-12-13(2)21-22-17/h4-7,12,14H,3,8-11H2,1-2H3,(H,21,22)(H2,19,20,24). The molecule has 0 atom stereocenters. The number of aromatic nitrogens is 2. The van der Waals surface area contributed by atoms with Gasteiger partial charge in [0.05, 0.1) is 12.3 Å². The van der Waals surface area contributed by atoms with Crippen molar-refractivity contribution in [2.45, 2.75) is 32.7 Å². The first kappa shape index (κ1) is 17.1. The Labute approximate surface area is 147 Å². The van der Waals surface area contributed by atoms with Gasteiger partial charge >= 0.3 is 6.03 Å². The first-order valence-electron chi connectivity index (χ1n) is 8.72. The van der Waals surface area contributed by atoms with Crippen LogP contribution >= 0.6 is 0 Å². The highest BCUT2D eigenvalue weighted by Crippen LogP contribution is 2.24. The van der Waals surface area contributed by atoms with Crippen LogP contribution < -0.4 is 20.3 Å². The number of rotatable bonds is 5. The van der Waals surface area contributed by atoms with E-state index in [9.17, 15) is 4.79 Å². The molecule has 0 bridgehead atoms. The summed E-state index contributed by atoms with van der Waals surface area (Å²) in [6, 6.07) is 9.47. The van der Waals surface area contributed by atoms with Gasteiger partial charge in [0.2, 0.25) is 0 Å². The zero-order valence-corrected chi connectivity index (χ0v) is 14.7. The number of carbonyl (C=O) groups excluding carboxylic acids is 1. The van der Waals surface area contributed by atoms with Crippen LogP contribution in [-0.4, -0.2) is 42.0 Å². The summed E-state index contributed by atoms with van der Waals surface area (Å²) in [5.41, 5.74) is 1.74. The molecule has 2 aromatic rings. The van der Waals surface area contributed by atoms with E-state index < -0.39 is 0 Å². The van der Waals surface area contributed by atoms with Crippen LogP contribution in [0.1, 0.15) is 25.5 Å². The number of anilines is 2. The van der Waals surface area contributed by atoms with E-state index in [4.69, 9.17) is 4.74 Å². The van der Waals surface area contributed by atoms with Gasteiger partial charge in [-0.25, -0.2) is 4.79 Å². The lowest BCUT2D eigenvalue weighted by molar-refractivity contribution is 0.245. The summed E-state index contributed by atoms with van der Waals surface area (Å²) >= 11 is 0. The zero-order valence-electron chi connectivity index (χ0n) is 14.7. The predicted molar refractivity (Wildman–Crippen MR) is 98.3 cm³/mol. The molecule has 3 N–H and O–H groups in total. The predicted octanol–water partition coefficient (Wildman–Crippen LogP) is 2.91. The average molecular weight is 343 g/mol. The van der Waals surface area contributed by atoms with Crippen LogP contribution in [0.3, 0.4) is 0 Å². The van der Waals surface area contributed by atoms with Crippen molar-refractivity contribution < 1.29 is 9.53 Å². The van der Waals surface area contributed by atoms with E-state index in [1.807, 2.05) is 44.2 Å². The van der Waals surface area contributed by atoms with Crippen LogP contribution in [-0.2, 0) is 0 Å². The van der Waals surface area contributed by atoms with Crippen LogP contribution in [0.15, 0.2) is 30.3 Å². The summed E-state index contributed by atoms with van der Waals surface area (Å²) in [7, 11) is 0. The molecule has 1 saturated heterocycles. The minimum absolute atomic E-state index is 0.163. The number of amides is 2. The largest absolute Gasteiger partial charge is 0.492 e. The van der Waals surface area contributed by atoms with Gasteiger partial charge in [0, 0.05) is 30.9 Å². The van der Waals surface area contributed by atoms with Gasteiger partial charge in [-0.1, -0.05) is 12.1 Å². The minimum Gasteiger partial charge on any atom is -0.492 e. The van der Waals surface area contributed by atoms with E-state index in [1.165, 1.54) is 0 Å². The number of aryl methyl sites for hydroxylation is 1. The molecule has 1 aliphatic heterocycles. The summed E-state index contributed by atoms with van der Waals surface area (Å²) in [5.74, 6) is 1.66. The molecule has 0 spiro atoms. The Morgan fingerprint density at radius 1 is 1.36 bits per heavy atom. The molecule has 0 unspecified atom stereocenters. The third-order valence-corrected chi connectivity index (χ3v) is 4.28. The Hall–Kier alpha value is -2.70. The highest BCUT2D eigenvalue weighted by Gasteiger charge is 2.22. The van der Waals surface area contributed by atoms with Crippen LogP contribution in [0.2, 0.25) is 0 Å². The molecule has 2 amide bonds. The fourth-order valence-electron chi connectivity index (χ4n) is 3.01. The number of urea groups is 1. The summed E-state index contributed by atoms with van der Waals surface area (Å²) in [6.45, 7) is 6.24. The van der Waals surface area contributed by atoms with Gasteiger partial charge in [0.15, 0.2) is 5.82 Å². The quantitative estimate of drug-likeness (QED) is 0.779. The molecular weight excluding hydrogens is 318 g/mol. The molecule has 0 aliphatic carbocycles. The number of para-hydroxylation sites is 2. The lowest BCUT2D eigenvalue weighted by Gasteiger charge is -2.32. The maximum atomic E-state index is 12.3. The number of H-pyrrole nitrogens is 1. The van der Waals surface area contributed by atoms with Gasteiger partial charge in [-0.05, 0) is 38.8 Å². The van der Waals surface area contributed by atoms with Gasteiger partial charge in [0.1, 0.15) is 5.75 Å². The first-order chi connectivity index (χ1) is 12.2. The van der Waals surface area contributed by atoms with Crippen LogP contribution in [0.5, 0.6) is 5.75 Å². The molecule has 1 fully saturated rings. The van der Waals surface area contributed by atoms with Crippen LogP contribution in [0.4, 0.5) is 16.3 Å². The Morgan fingerprint density at radius 2 is 2.12 bits per heavy atom. The first-order valence-corrected chi connectivity index (χ1v) is 8.72. The maximum absolute atomic E-state index is 12.3. The maximum Gasteiger partial charge on any atom is 0.319 e. The Kier molecular flexibility index (Phi) is 5.42. The van der Waals surface area contributed by atoms with Gasteiger partial charge in [-0.2, -0.15) is 5.10 Å². The fraction of sp³-hybridized carbons (Fsp3) is 0.444. The van der Waals surface area contributed by atoms with Crippen molar-refractivity contribution in [3.63, 3.8) is 0 Å². The fourth-order valence-corrected chi connectivity index (χ4v) is 3.01. The summed E-state index contributed by atoms with van der Waals surface area (Å²) in [5, 5.41) is 13.2. The van der Waals surface area contributed by atoms with Gasteiger partial charge in [-0.15, -0.1) is 0 Å². The van der Waals surface area contributed by atoms with Crippen molar-refractivity contribution in [1.82, 2.24) is 15.5 Å². The highest BCUT2D eigenvalue weighted by atomic mass is 16.5. The number of aromatic amines is 1. The number of hydrogen-bond acceptors (Lipinski definition) is 4. The molecule has 0 saturated carbocycles. The van der Waals surface area contributed by atoms with Crippen molar-refractivity contribution in [2.24, 2.45) is 0 Å². The Bertz CT molecular complexity index is 707. The number of benzene rings is 1. The second-order valence-corrected chi connectivity index (χ2v) is 6.20. The van der Waals surface area contributed by atoms with Crippen molar-refractivity contribution in [3.05, 3.63) is 36.0 Å². The topological polar surface area (TPSA) is 82.3 Å². The number of piperidine rings is 1. The highest BCUT2D eigenvalue weighted by molar-refractivity contribution is 5.91. The molecule has 25 heavy (non-hydrogen) atoms. The van der Waals surface area contributed by atoms with Crippen LogP contribution in [0.25, 0.3) is 0 Å². The van der Waals surface area contributed by atoms with Crippen LogP contribution in [0, 0.1) is 6.92 Å². The SMILES string of the molecule is CCOc1ccccc1NC(=O)NC1CCN(c2cc(C)[nH]n2)CC1. The van der Waals surface area contributed by atoms with E-state index in [-0.39, 0.29) is 12.1 Å². The van der Waals surface area contributed by atoms with Crippen molar-refractivity contribution in [2.75, 3.05) is 29.9 Å². The number of nitrogens with zero attached hydrogens (tertiary/aromatic N) is 2. The second kappa shape index (κ2) is 7.92. The summed E-state index contributed by atoms with van der Waals surface area (Å²) in [4.78, 5) is 14.5. The summed E-state index contributed by atoms with van der Waals surface area (Å²) in [6.07, 6.45) is 1.79. The normalized spacial score (nSPS) is 15.0. The molecule has 0 radical (unpaired) electrons. The molecule has 1 aromatic heterocycles. The monoisotopic (exact) mass is 343 g/mol. The number of hydrogen-bond donors (Lipinski definition) is 3. The number of nitrogens with one attached hydrogen (secondary N) is 3. The Morgan fingerprint density at radius 3 is 2.80 bits per heavy atom. The number of carbonyl (C=O) groups is 1. The molecule has 7 heteroatoms.